The molecule has 0 spiro atoms. The zero-order valence-corrected chi connectivity index (χ0v) is 21.9. The second kappa shape index (κ2) is 10.0. The van der Waals surface area contributed by atoms with Crippen LogP contribution in [-0.4, -0.2) is 15.6 Å². The van der Waals surface area contributed by atoms with Gasteiger partial charge in [-0.2, -0.15) is 5.10 Å². The van der Waals surface area contributed by atoms with Crippen molar-refractivity contribution < 1.29 is 4.92 Å². The third-order valence-electron chi connectivity index (χ3n) is 6.80. The highest BCUT2D eigenvalue weighted by Crippen LogP contribution is 2.40. The Balaban J connectivity index is 1.59. The lowest BCUT2D eigenvalue weighted by molar-refractivity contribution is -0.384. The Kier molecular flexibility index (Phi) is 6.38. The first-order chi connectivity index (χ1) is 18.9. The van der Waals surface area contributed by atoms with Gasteiger partial charge in [-0.25, -0.2) is 0 Å². The molecule has 2 heterocycles. The fourth-order valence-corrected chi connectivity index (χ4v) is 5.34. The van der Waals surface area contributed by atoms with Crippen LogP contribution in [-0.2, 0) is 0 Å². The average molecular weight is 555 g/mol. The highest BCUT2D eigenvalue weighted by molar-refractivity contribution is 6.31. The molecule has 192 valence electrons. The van der Waals surface area contributed by atoms with Gasteiger partial charge in [-0.05, 0) is 47.5 Å². The molecule has 1 aromatic heterocycles. The zero-order valence-electron chi connectivity index (χ0n) is 20.3. The number of nitro groups is 1. The van der Waals surface area contributed by atoms with Crippen LogP contribution in [0.25, 0.3) is 22.0 Å². The van der Waals surface area contributed by atoms with Crippen molar-refractivity contribution in [1.29, 1.82) is 0 Å². The summed E-state index contributed by atoms with van der Waals surface area (Å²) < 4.78 is 0. The van der Waals surface area contributed by atoms with Crippen molar-refractivity contribution in [3.63, 3.8) is 0 Å². The Hall–Kier alpha value is -4.46. The standard InChI is InChI=1S/C30H20Cl2N4O3/c31-20-11-9-18(10-12-20)27-17-26(34-35(27)22-7-4-8-23(16-22)36(38)39)29-28(19-5-2-1-3-6-19)24-15-21(32)13-14-25(24)33-30(29)37/h1-16,27H,17H2,(H,33,37). The van der Waals surface area contributed by atoms with Crippen molar-refractivity contribution in [1.82, 2.24) is 4.98 Å². The minimum atomic E-state index is -0.438. The summed E-state index contributed by atoms with van der Waals surface area (Å²) in [5.74, 6) is 0. The van der Waals surface area contributed by atoms with Crippen molar-refractivity contribution in [3.8, 4) is 11.1 Å². The Labute approximate surface area is 233 Å². The van der Waals surface area contributed by atoms with Crippen LogP contribution in [0.15, 0.2) is 107 Å². The van der Waals surface area contributed by atoms with Gasteiger partial charge in [0.2, 0.25) is 0 Å². The maximum atomic E-state index is 13.7. The van der Waals surface area contributed by atoms with Gasteiger partial charge in [0.25, 0.3) is 11.2 Å². The topological polar surface area (TPSA) is 91.6 Å². The molecule has 6 rings (SSSR count). The summed E-state index contributed by atoms with van der Waals surface area (Å²) in [5, 5.41) is 20.1. The molecule has 4 aromatic carbocycles. The summed E-state index contributed by atoms with van der Waals surface area (Å²) in [4.78, 5) is 27.8. The van der Waals surface area contributed by atoms with Gasteiger partial charge in [-0.15, -0.1) is 0 Å². The van der Waals surface area contributed by atoms with Crippen LogP contribution in [0.4, 0.5) is 11.4 Å². The number of H-pyrrole nitrogens is 1. The minimum absolute atomic E-state index is 0.0471. The number of hydrogen-bond donors (Lipinski definition) is 1. The summed E-state index contributed by atoms with van der Waals surface area (Å²) in [5.41, 5.74) is 4.36. The van der Waals surface area contributed by atoms with Crippen LogP contribution < -0.4 is 10.6 Å². The highest BCUT2D eigenvalue weighted by atomic mass is 35.5. The van der Waals surface area contributed by atoms with Gasteiger partial charge in [0.1, 0.15) is 0 Å². The van der Waals surface area contributed by atoms with E-state index < -0.39 is 4.92 Å². The third-order valence-corrected chi connectivity index (χ3v) is 7.28. The largest absolute Gasteiger partial charge is 0.321 e. The van der Waals surface area contributed by atoms with Crippen molar-refractivity contribution in [2.45, 2.75) is 12.5 Å². The molecule has 9 heteroatoms. The molecule has 1 unspecified atom stereocenters. The van der Waals surface area contributed by atoms with Gasteiger partial charge in [0, 0.05) is 45.1 Å². The van der Waals surface area contributed by atoms with E-state index in [0.717, 1.165) is 22.1 Å². The summed E-state index contributed by atoms with van der Waals surface area (Å²) in [6.45, 7) is 0. The van der Waals surface area contributed by atoms with E-state index >= 15 is 0 Å². The van der Waals surface area contributed by atoms with Gasteiger partial charge in [-0.1, -0.05) is 71.7 Å². The normalized spacial score (nSPS) is 15.0. The van der Waals surface area contributed by atoms with E-state index in [9.17, 15) is 14.9 Å². The number of anilines is 1. The molecule has 0 fully saturated rings. The number of hydrogen-bond acceptors (Lipinski definition) is 5. The smallest absolute Gasteiger partial charge is 0.271 e. The van der Waals surface area contributed by atoms with E-state index in [4.69, 9.17) is 28.3 Å². The van der Waals surface area contributed by atoms with E-state index in [0.29, 0.717) is 38.9 Å². The molecule has 1 N–H and O–H groups in total. The van der Waals surface area contributed by atoms with E-state index in [-0.39, 0.29) is 17.3 Å². The van der Waals surface area contributed by atoms with Crippen LogP contribution in [0.1, 0.15) is 23.6 Å². The number of pyridine rings is 1. The van der Waals surface area contributed by atoms with E-state index in [2.05, 4.69) is 4.98 Å². The molecular formula is C30H20Cl2N4O3. The van der Waals surface area contributed by atoms with Crippen LogP contribution in [0.3, 0.4) is 0 Å². The van der Waals surface area contributed by atoms with Gasteiger partial charge >= 0.3 is 0 Å². The number of non-ortho nitro benzene ring substituents is 1. The maximum absolute atomic E-state index is 13.7. The molecule has 1 aliphatic heterocycles. The Morgan fingerprint density at radius 3 is 2.36 bits per heavy atom. The first kappa shape index (κ1) is 24.9. The van der Waals surface area contributed by atoms with E-state index in [1.54, 1.807) is 41.4 Å². The van der Waals surface area contributed by atoms with Gasteiger partial charge in [0.05, 0.1) is 27.9 Å². The van der Waals surface area contributed by atoms with Crippen molar-refractivity contribution >= 4 is 51.2 Å². The second-order valence-corrected chi connectivity index (χ2v) is 10.1. The SMILES string of the molecule is O=c1[nH]c2ccc(Cl)cc2c(-c2ccccc2)c1C1=NN(c2cccc([N+](=O)[O-])c2)C(c2ccc(Cl)cc2)C1. The summed E-state index contributed by atoms with van der Waals surface area (Å²) in [7, 11) is 0. The summed E-state index contributed by atoms with van der Waals surface area (Å²) in [6, 6.07) is 28.4. The van der Waals surface area contributed by atoms with Gasteiger partial charge in [0.15, 0.2) is 0 Å². The lowest BCUT2D eigenvalue weighted by Crippen LogP contribution is -2.20. The zero-order chi connectivity index (χ0) is 27.1. The fraction of sp³-hybridized carbons (Fsp3) is 0.0667. The predicted molar refractivity (Wildman–Crippen MR) is 156 cm³/mol. The lowest BCUT2D eigenvalue weighted by Gasteiger charge is -2.23. The molecule has 0 amide bonds. The number of aromatic amines is 1. The Morgan fingerprint density at radius 1 is 0.872 bits per heavy atom. The number of nitrogens with zero attached hydrogens (tertiary/aromatic N) is 3. The van der Waals surface area contributed by atoms with Crippen LogP contribution in [0.5, 0.6) is 0 Å². The van der Waals surface area contributed by atoms with Crippen LogP contribution in [0, 0.1) is 10.1 Å². The van der Waals surface area contributed by atoms with Crippen molar-refractivity contribution in [2.24, 2.45) is 5.10 Å². The number of nitrogens with one attached hydrogen (secondary N) is 1. The van der Waals surface area contributed by atoms with Crippen LogP contribution >= 0.6 is 23.2 Å². The number of halogens is 2. The monoisotopic (exact) mass is 554 g/mol. The maximum Gasteiger partial charge on any atom is 0.271 e. The van der Waals surface area contributed by atoms with Crippen molar-refractivity contribution in [2.75, 3.05) is 5.01 Å². The minimum Gasteiger partial charge on any atom is -0.321 e. The quantitative estimate of drug-likeness (QED) is 0.177. The number of fused-ring (bicyclic) bond motifs is 1. The molecule has 1 atom stereocenters. The van der Waals surface area contributed by atoms with E-state index in [1.807, 2.05) is 48.5 Å². The second-order valence-electron chi connectivity index (χ2n) is 9.20. The molecule has 5 aromatic rings. The molecular weight excluding hydrogens is 535 g/mol. The van der Waals surface area contributed by atoms with Gasteiger partial charge < -0.3 is 4.98 Å². The van der Waals surface area contributed by atoms with Crippen LogP contribution in [0.2, 0.25) is 10.0 Å². The molecule has 7 nitrogen and oxygen atoms in total. The Morgan fingerprint density at radius 2 is 1.62 bits per heavy atom. The number of benzene rings is 4. The fourth-order valence-electron chi connectivity index (χ4n) is 5.04. The number of aromatic nitrogens is 1. The molecule has 1 aliphatic rings. The highest BCUT2D eigenvalue weighted by Gasteiger charge is 2.33. The van der Waals surface area contributed by atoms with E-state index in [1.165, 1.54) is 12.1 Å². The first-order valence-electron chi connectivity index (χ1n) is 12.2. The number of hydrazone groups is 1. The van der Waals surface area contributed by atoms with Crippen molar-refractivity contribution in [3.05, 3.63) is 139 Å². The third kappa shape index (κ3) is 4.67. The predicted octanol–water partition coefficient (Wildman–Crippen LogP) is 7.77. The molecule has 0 radical (unpaired) electrons. The molecule has 0 saturated heterocycles. The molecule has 39 heavy (non-hydrogen) atoms. The summed E-state index contributed by atoms with van der Waals surface area (Å²) >= 11 is 12.5. The lowest BCUT2D eigenvalue weighted by atomic mass is 9.91. The molecule has 0 bridgehead atoms. The first-order valence-corrected chi connectivity index (χ1v) is 12.9. The van der Waals surface area contributed by atoms with Gasteiger partial charge in [-0.3, -0.25) is 19.9 Å². The molecule has 0 aliphatic carbocycles. The Bertz CT molecular complexity index is 1820. The summed E-state index contributed by atoms with van der Waals surface area (Å²) in [6.07, 6.45) is 0.388. The number of rotatable bonds is 5. The number of nitro benzene ring substituents is 1. The molecule has 0 saturated carbocycles. The average Bonchev–Trinajstić information content (AvgIpc) is 3.38.